The molecule has 0 radical (unpaired) electrons. The molecular weight excluding hydrogens is 446 g/mol. The number of rotatable bonds is 7. The van der Waals surface area contributed by atoms with Gasteiger partial charge in [-0.1, -0.05) is 34.6 Å². The van der Waals surface area contributed by atoms with Crippen molar-refractivity contribution in [2.45, 2.75) is 50.8 Å². The first-order valence-electron chi connectivity index (χ1n) is 9.15. The quantitative estimate of drug-likeness (QED) is 0.391. The third kappa shape index (κ3) is 4.77. The van der Waals surface area contributed by atoms with Crippen molar-refractivity contribution in [1.82, 2.24) is 8.75 Å². The highest BCUT2D eigenvalue weighted by Crippen LogP contribution is 2.41. The van der Waals surface area contributed by atoms with E-state index < -0.39 is 15.8 Å². The van der Waals surface area contributed by atoms with Crippen LogP contribution >= 0.6 is 23.1 Å². The van der Waals surface area contributed by atoms with Crippen molar-refractivity contribution in [3.63, 3.8) is 0 Å². The van der Waals surface area contributed by atoms with Gasteiger partial charge in [0.15, 0.2) is 21.6 Å². The molecule has 0 aliphatic carbocycles. The number of hydrogen-bond acceptors (Lipinski definition) is 10. The normalized spacial score (nSPS) is 13.6. The van der Waals surface area contributed by atoms with Gasteiger partial charge in [-0.2, -0.15) is 8.75 Å². The molecule has 3 aromatic rings. The molecule has 164 valence electrons. The van der Waals surface area contributed by atoms with Gasteiger partial charge in [-0.25, -0.2) is 13.6 Å². The lowest BCUT2D eigenvalue weighted by Crippen LogP contribution is -2.25. The smallest absolute Gasteiger partial charge is 0.251 e. The predicted molar refractivity (Wildman–Crippen MR) is 119 cm³/mol. The molecule has 0 aliphatic heterocycles. The summed E-state index contributed by atoms with van der Waals surface area (Å²) in [7, 11) is -4.01. The van der Waals surface area contributed by atoms with Crippen LogP contribution in [0.25, 0.3) is 0 Å². The van der Waals surface area contributed by atoms with Crippen LogP contribution in [0, 0.1) is 5.41 Å². The van der Waals surface area contributed by atoms with E-state index in [0.717, 1.165) is 34.4 Å². The van der Waals surface area contributed by atoms with Crippen LogP contribution in [0.1, 0.15) is 57.9 Å². The Labute approximate surface area is 183 Å². The number of thiophene rings is 1. The first-order chi connectivity index (χ1) is 13.9. The zero-order chi connectivity index (χ0) is 22.3. The number of nitrogens with zero attached hydrogens (tertiary/aromatic N) is 2. The van der Waals surface area contributed by atoms with Crippen molar-refractivity contribution in [2.24, 2.45) is 10.6 Å². The highest BCUT2D eigenvalue weighted by atomic mass is 32.2. The molecule has 0 aliphatic rings. The van der Waals surface area contributed by atoms with E-state index >= 15 is 0 Å². The third-order valence-electron chi connectivity index (χ3n) is 4.47. The lowest BCUT2D eigenvalue weighted by molar-refractivity contribution is 0.303. The van der Waals surface area contributed by atoms with Gasteiger partial charge < -0.3 is 20.2 Å². The van der Waals surface area contributed by atoms with Crippen molar-refractivity contribution < 1.29 is 17.9 Å². The van der Waals surface area contributed by atoms with Crippen LogP contribution < -0.4 is 15.8 Å². The number of anilines is 3. The number of hydrogen-bond donors (Lipinski definition) is 4. The molecule has 0 fully saturated rings. The van der Waals surface area contributed by atoms with Crippen molar-refractivity contribution in [2.75, 3.05) is 10.6 Å². The van der Waals surface area contributed by atoms with E-state index in [-0.39, 0.29) is 21.4 Å². The van der Waals surface area contributed by atoms with Gasteiger partial charge in [0.05, 0.1) is 29.7 Å². The van der Waals surface area contributed by atoms with Crippen molar-refractivity contribution in [1.29, 1.82) is 0 Å². The maximum Gasteiger partial charge on any atom is 0.251 e. The molecular formula is C18H25N5O4S3. The molecule has 1 atom stereocenters. The molecule has 3 rings (SSSR count). The first-order valence-corrected chi connectivity index (χ1v) is 12.3. The fraction of sp³-hybridized carbons (Fsp3) is 0.444. The zero-order valence-corrected chi connectivity index (χ0v) is 19.7. The lowest BCUT2D eigenvalue weighted by Gasteiger charge is -2.30. The second-order valence-corrected chi connectivity index (χ2v) is 11.5. The van der Waals surface area contributed by atoms with Crippen LogP contribution in [0.3, 0.4) is 0 Å². The standard InChI is InChI=1S/C18H25N5O4S3/c1-9(2)10-6-12(27-7-10)14(18(3,4)5)21-16-15(22-29-23-16)20-11-8-28-17(13(11)24)30(19,25)26/h6-9,14,24H,1-5H3,(H,20,22)(H,21,23)(H2,19,25,26)/t14-/m0/s1. The molecule has 0 amide bonds. The molecule has 0 unspecified atom stereocenters. The summed E-state index contributed by atoms with van der Waals surface area (Å²) in [5.74, 6) is 1.50. The Kier molecular flexibility index (Phi) is 6.14. The van der Waals surface area contributed by atoms with E-state index in [1.54, 1.807) is 6.26 Å². The number of sulfonamides is 1. The second-order valence-electron chi connectivity index (χ2n) is 8.30. The molecule has 9 nitrogen and oxygen atoms in total. The number of furan rings is 1. The second kappa shape index (κ2) is 8.17. The van der Waals surface area contributed by atoms with E-state index in [2.05, 4.69) is 54.0 Å². The Hall–Kier alpha value is -2.15. The maximum atomic E-state index is 11.6. The largest absolute Gasteiger partial charge is 0.504 e. The van der Waals surface area contributed by atoms with E-state index in [1.807, 2.05) is 6.07 Å². The SMILES string of the molecule is CC(C)c1coc([C@H](Nc2nsnc2Nc2csc(S(N)(=O)=O)c2O)C(C)(C)C)c1. The minimum Gasteiger partial charge on any atom is -0.504 e. The minimum atomic E-state index is -4.01. The van der Waals surface area contributed by atoms with Gasteiger partial charge in [-0.3, -0.25) is 0 Å². The fourth-order valence-corrected chi connectivity index (χ4v) is 4.94. The number of nitrogens with two attached hydrogens (primary N) is 1. The lowest BCUT2D eigenvalue weighted by atomic mass is 9.85. The Balaban J connectivity index is 1.89. The van der Waals surface area contributed by atoms with Gasteiger partial charge >= 0.3 is 0 Å². The molecule has 12 heteroatoms. The van der Waals surface area contributed by atoms with Gasteiger partial charge in [0.25, 0.3) is 10.0 Å². The van der Waals surface area contributed by atoms with Crippen LogP contribution in [0.5, 0.6) is 5.75 Å². The molecule has 0 saturated heterocycles. The summed E-state index contributed by atoms with van der Waals surface area (Å²) < 4.78 is 37.2. The summed E-state index contributed by atoms with van der Waals surface area (Å²) in [6.45, 7) is 10.4. The van der Waals surface area contributed by atoms with Gasteiger partial charge in [-0.05, 0) is 23.0 Å². The van der Waals surface area contributed by atoms with Crippen molar-refractivity contribution in [3.8, 4) is 5.75 Å². The summed E-state index contributed by atoms with van der Waals surface area (Å²) in [5, 5.41) is 23.1. The van der Waals surface area contributed by atoms with E-state index in [0.29, 0.717) is 17.6 Å². The average Bonchev–Trinajstić information content (AvgIpc) is 3.32. The molecule has 5 N–H and O–H groups in total. The van der Waals surface area contributed by atoms with Gasteiger partial charge in [0, 0.05) is 5.38 Å². The number of primary sulfonamides is 1. The van der Waals surface area contributed by atoms with Crippen LogP contribution in [0.2, 0.25) is 0 Å². The third-order valence-corrected chi connectivity index (χ3v) is 7.46. The highest BCUT2D eigenvalue weighted by Gasteiger charge is 2.31. The summed E-state index contributed by atoms with van der Waals surface area (Å²) >= 11 is 1.81. The number of nitrogens with one attached hydrogen (secondary N) is 2. The topological polar surface area (TPSA) is 143 Å². The van der Waals surface area contributed by atoms with Crippen LogP contribution in [-0.4, -0.2) is 22.3 Å². The van der Waals surface area contributed by atoms with Crippen LogP contribution in [0.15, 0.2) is 26.3 Å². The van der Waals surface area contributed by atoms with Gasteiger partial charge in [0.2, 0.25) is 0 Å². The number of aromatic nitrogens is 2. The summed E-state index contributed by atoms with van der Waals surface area (Å²) in [5.41, 5.74) is 1.08. The van der Waals surface area contributed by atoms with Crippen LogP contribution in [-0.2, 0) is 10.0 Å². The highest BCUT2D eigenvalue weighted by molar-refractivity contribution is 7.91. The molecule has 0 saturated carbocycles. The number of aromatic hydroxyl groups is 1. The Morgan fingerprint density at radius 1 is 1.23 bits per heavy atom. The zero-order valence-electron chi connectivity index (χ0n) is 17.3. The minimum absolute atomic E-state index is 0.187. The molecule has 0 bridgehead atoms. The summed E-state index contributed by atoms with van der Waals surface area (Å²) in [4.78, 5) is 0. The summed E-state index contributed by atoms with van der Waals surface area (Å²) in [6.07, 6.45) is 1.76. The monoisotopic (exact) mass is 471 g/mol. The average molecular weight is 472 g/mol. The molecule has 30 heavy (non-hydrogen) atoms. The first kappa shape index (κ1) is 22.5. The van der Waals surface area contributed by atoms with Crippen molar-refractivity contribution in [3.05, 3.63) is 29.0 Å². The Morgan fingerprint density at radius 2 is 1.90 bits per heavy atom. The van der Waals surface area contributed by atoms with Gasteiger partial charge in [-0.15, -0.1) is 11.3 Å². The molecule has 0 spiro atoms. The molecule has 0 aromatic carbocycles. The van der Waals surface area contributed by atoms with Crippen LogP contribution in [0.4, 0.5) is 17.3 Å². The van der Waals surface area contributed by atoms with E-state index in [9.17, 15) is 13.5 Å². The Bertz CT molecular complexity index is 1130. The van der Waals surface area contributed by atoms with E-state index in [1.165, 1.54) is 5.38 Å². The summed E-state index contributed by atoms with van der Waals surface area (Å²) in [6, 6.07) is 1.83. The maximum absolute atomic E-state index is 11.6. The fourth-order valence-electron chi connectivity index (χ4n) is 2.79. The van der Waals surface area contributed by atoms with Crippen molar-refractivity contribution >= 4 is 50.4 Å². The predicted octanol–water partition coefficient (Wildman–Crippen LogP) is 4.61. The Morgan fingerprint density at radius 3 is 2.43 bits per heavy atom. The molecule has 3 aromatic heterocycles. The van der Waals surface area contributed by atoms with E-state index in [4.69, 9.17) is 9.56 Å². The van der Waals surface area contributed by atoms with Gasteiger partial charge in [0.1, 0.15) is 5.76 Å². The molecule has 3 heterocycles.